The van der Waals surface area contributed by atoms with Crippen molar-refractivity contribution in [1.82, 2.24) is 10.2 Å². The molecule has 0 aromatic heterocycles. The van der Waals surface area contributed by atoms with Crippen molar-refractivity contribution in [2.75, 3.05) is 17.1 Å². The molecular weight excluding hydrogens is 474 g/mol. The number of hydrogen-bond donors (Lipinski definition) is 1. The normalized spacial score (nSPS) is 13.1. The number of aryl methyl sites for hydroxylation is 1. The van der Waals surface area contributed by atoms with Gasteiger partial charge in [0, 0.05) is 17.6 Å². The van der Waals surface area contributed by atoms with E-state index < -0.39 is 28.5 Å². The molecule has 2 rings (SSSR count). The number of nitrogens with one attached hydrogen (secondary N) is 1. The van der Waals surface area contributed by atoms with Crippen molar-refractivity contribution in [2.45, 2.75) is 59.2 Å². The molecular formula is C25H34ClN3O4S. The summed E-state index contributed by atoms with van der Waals surface area (Å²) >= 11 is 6.01. The number of carbonyl (C=O) groups excluding carboxylic acids is 2. The predicted octanol–water partition coefficient (Wildman–Crippen LogP) is 4.14. The van der Waals surface area contributed by atoms with Crippen molar-refractivity contribution in [2.24, 2.45) is 0 Å². The number of halogens is 1. The van der Waals surface area contributed by atoms with Crippen molar-refractivity contribution in [3.63, 3.8) is 0 Å². The largest absolute Gasteiger partial charge is 0.352 e. The van der Waals surface area contributed by atoms with Gasteiger partial charge in [-0.15, -0.1) is 0 Å². The van der Waals surface area contributed by atoms with Gasteiger partial charge in [0.1, 0.15) is 12.6 Å². The highest BCUT2D eigenvalue weighted by Crippen LogP contribution is 2.23. The maximum atomic E-state index is 13.6. The van der Waals surface area contributed by atoms with Crippen molar-refractivity contribution in [1.29, 1.82) is 0 Å². The van der Waals surface area contributed by atoms with E-state index >= 15 is 0 Å². The van der Waals surface area contributed by atoms with E-state index in [9.17, 15) is 18.0 Å². The molecule has 0 aliphatic rings. The Kier molecular flexibility index (Phi) is 9.94. The average molecular weight is 508 g/mol. The van der Waals surface area contributed by atoms with E-state index in [1.54, 1.807) is 55.5 Å². The van der Waals surface area contributed by atoms with Crippen LogP contribution in [0.5, 0.6) is 0 Å². The lowest BCUT2D eigenvalue weighted by Gasteiger charge is -2.33. The molecule has 34 heavy (non-hydrogen) atoms. The number of hydrogen-bond acceptors (Lipinski definition) is 4. The minimum atomic E-state index is -3.76. The number of rotatable bonds is 11. The van der Waals surface area contributed by atoms with E-state index in [0.29, 0.717) is 17.1 Å². The van der Waals surface area contributed by atoms with Crippen LogP contribution < -0.4 is 9.62 Å². The second kappa shape index (κ2) is 12.2. The number of anilines is 1. The van der Waals surface area contributed by atoms with Gasteiger partial charge in [0.25, 0.3) is 0 Å². The van der Waals surface area contributed by atoms with Gasteiger partial charge in [-0.25, -0.2) is 8.42 Å². The number of amides is 2. The molecule has 2 amide bonds. The third-order valence-electron chi connectivity index (χ3n) is 5.72. The topological polar surface area (TPSA) is 86.8 Å². The Morgan fingerprint density at radius 1 is 1.03 bits per heavy atom. The molecule has 2 aromatic rings. The van der Waals surface area contributed by atoms with Gasteiger partial charge in [0.2, 0.25) is 21.8 Å². The average Bonchev–Trinajstić information content (AvgIpc) is 2.78. The van der Waals surface area contributed by atoms with Crippen molar-refractivity contribution in [3.8, 4) is 0 Å². The summed E-state index contributed by atoms with van der Waals surface area (Å²) in [6.45, 7) is 7.23. The lowest BCUT2D eigenvalue weighted by molar-refractivity contribution is -0.140. The Balaban J connectivity index is 2.44. The fourth-order valence-electron chi connectivity index (χ4n) is 3.59. The fourth-order valence-corrected chi connectivity index (χ4v) is 4.62. The van der Waals surface area contributed by atoms with E-state index in [4.69, 9.17) is 11.6 Å². The molecule has 0 saturated carbocycles. The standard InChI is InChI=1S/C25H34ClN3O4S/c1-6-19(4)27-25(31)22(7-2)28(16-20-12-14-21(26)15-13-20)24(30)17-29(34(5,32)33)23-11-9-8-10-18(23)3/h8-15,19,22H,6-7,16-17H2,1-5H3,(H,27,31)/t19-,22-/m1/s1. The monoisotopic (exact) mass is 507 g/mol. The molecule has 0 aliphatic heterocycles. The molecule has 0 fully saturated rings. The number of nitrogens with zero attached hydrogens (tertiary/aromatic N) is 2. The quantitative estimate of drug-likeness (QED) is 0.495. The zero-order valence-electron chi connectivity index (χ0n) is 20.4. The molecule has 0 spiro atoms. The van der Waals surface area contributed by atoms with Gasteiger partial charge in [-0.3, -0.25) is 13.9 Å². The lowest BCUT2D eigenvalue weighted by Crippen LogP contribution is -2.53. The first kappa shape index (κ1) is 27.7. The molecule has 2 atom stereocenters. The summed E-state index contributed by atoms with van der Waals surface area (Å²) in [5.41, 5.74) is 1.95. The molecule has 0 unspecified atom stereocenters. The summed E-state index contributed by atoms with van der Waals surface area (Å²) in [6, 6.07) is 13.2. The van der Waals surface area contributed by atoms with E-state index in [0.717, 1.165) is 28.1 Å². The van der Waals surface area contributed by atoms with Gasteiger partial charge < -0.3 is 10.2 Å². The van der Waals surface area contributed by atoms with Crippen LogP contribution in [0.25, 0.3) is 0 Å². The predicted molar refractivity (Wildman–Crippen MR) is 137 cm³/mol. The first-order valence-corrected chi connectivity index (χ1v) is 13.6. The second-order valence-corrected chi connectivity index (χ2v) is 10.8. The highest BCUT2D eigenvalue weighted by atomic mass is 35.5. The summed E-state index contributed by atoms with van der Waals surface area (Å²) in [5.74, 6) is -0.726. The van der Waals surface area contributed by atoms with Crippen LogP contribution in [0.3, 0.4) is 0 Å². The Morgan fingerprint density at radius 2 is 1.65 bits per heavy atom. The lowest BCUT2D eigenvalue weighted by atomic mass is 10.1. The van der Waals surface area contributed by atoms with Crippen LogP contribution in [-0.2, 0) is 26.2 Å². The smallest absolute Gasteiger partial charge is 0.244 e. The van der Waals surface area contributed by atoms with E-state index in [1.165, 1.54) is 4.90 Å². The molecule has 0 bridgehead atoms. The number of sulfonamides is 1. The molecule has 1 N–H and O–H groups in total. The SMILES string of the molecule is CC[C@@H](C)NC(=O)[C@@H](CC)N(Cc1ccc(Cl)cc1)C(=O)CN(c1ccccc1C)S(C)(=O)=O. The van der Waals surface area contributed by atoms with Crippen molar-refractivity contribution >= 4 is 39.1 Å². The van der Waals surface area contributed by atoms with Crippen molar-refractivity contribution < 1.29 is 18.0 Å². The molecule has 186 valence electrons. The number of benzene rings is 2. The maximum absolute atomic E-state index is 13.6. The molecule has 0 saturated heterocycles. The van der Waals surface area contributed by atoms with Crippen LogP contribution in [0.4, 0.5) is 5.69 Å². The van der Waals surface area contributed by atoms with E-state index in [1.807, 2.05) is 20.8 Å². The first-order chi connectivity index (χ1) is 16.0. The number of para-hydroxylation sites is 1. The minimum Gasteiger partial charge on any atom is -0.352 e. The molecule has 2 aromatic carbocycles. The van der Waals surface area contributed by atoms with Crippen LogP contribution in [0.1, 0.15) is 44.7 Å². The Hall–Kier alpha value is -2.58. The molecule has 0 heterocycles. The molecule has 0 aliphatic carbocycles. The van der Waals surface area contributed by atoms with Crippen LogP contribution in [0.2, 0.25) is 5.02 Å². The van der Waals surface area contributed by atoms with Crippen LogP contribution in [-0.4, -0.2) is 50.0 Å². The van der Waals surface area contributed by atoms with Gasteiger partial charge in [-0.2, -0.15) is 0 Å². The highest BCUT2D eigenvalue weighted by Gasteiger charge is 2.32. The van der Waals surface area contributed by atoms with Crippen molar-refractivity contribution in [3.05, 3.63) is 64.7 Å². The number of carbonyl (C=O) groups is 2. The summed E-state index contributed by atoms with van der Waals surface area (Å²) < 4.78 is 26.4. The zero-order chi connectivity index (χ0) is 25.5. The molecule has 0 radical (unpaired) electrons. The third kappa shape index (κ3) is 7.46. The zero-order valence-corrected chi connectivity index (χ0v) is 22.0. The third-order valence-corrected chi connectivity index (χ3v) is 7.09. The van der Waals surface area contributed by atoms with E-state index in [2.05, 4.69) is 5.32 Å². The van der Waals surface area contributed by atoms with E-state index in [-0.39, 0.29) is 18.5 Å². The van der Waals surface area contributed by atoms with Gasteiger partial charge in [0.15, 0.2) is 0 Å². The summed E-state index contributed by atoms with van der Waals surface area (Å²) in [6.07, 6.45) is 2.20. The Labute approximate surface area is 208 Å². The summed E-state index contributed by atoms with van der Waals surface area (Å²) in [4.78, 5) is 28.2. The summed E-state index contributed by atoms with van der Waals surface area (Å²) in [5, 5.41) is 3.51. The highest BCUT2D eigenvalue weighted by molar-refractivity contribution is 7.92. The maximum Gasteiger partial charge on any atom is 0.244 e. The Morgan fingerprint density at radius 3 is 2.18 bits per heavy atom. The van der Waals surface area contributed by atoms with Gasteiger partial charge in [-0.05, 0) is 56.0 Å². The van der Waals surface area contributed by atoms with Crippen LogP contribution in [0, 0.1) is 6.92 Å². The molecule has 7 nitrogen and oxygen atoms in total. The molecule has 9 heteroatoms. The second-order valence-electron chi connectivity index (χ2n) is 8.45. The van der Waals surface area contributed by atoms with Gasteiger partial charge >= 0.3 is 0 Å². The minimum absolute atomic E-state index is 0.0477. The van der Waals surface area contributed by atoms with Crippen LogP contribution >= 0.6 is 11.6 Å². The van der Waals surface area contributed by atoms with Gasteiger partial charge in [-0.1, -0.05) is 55.8 Å². The fraction of sp³-hybridized carbons (Fsp3) is 0.440. The van der Waals surface area contributed by atoms with Crippen LogP contribution in [0.15, 0.2) is 48.5 Å². The Bertz CT molecular complexity index is 1090. The summed E-state index contributed by atoms with van der Waals surface area (Å²) in [7, 11) is -3.76. The first-order valence-electron chi connectivity index (χ1n) is 11.4. The van der Waals surface area contributed by atoms with Gasteiger partial charge in [0.05, 0.1) is 11.9 Å².